The molecule has 0 spiro atoms. The van der Waals surface area contributed by atoms with E-state index in [1.165, 1.54) is 25.9 Å². The van der Waals surface area contributed by atoms with Crippen molar-refractivity contribution in [2.75, 3.05) is 31.5 Å². The van der Waals surface area contributed by atoms with E-state index in [0.29, 0.717) is 5.82 Å². The zero-order chi connectivity index (χ0) is 17.0. The highest BCUT2D eigenvalue weighted by Crippen LogP contribution is 2.22. The number of aryl methyl sites for hydroxylation is 1. The molecule has 2 aromatic heterocycles. The highest BCUT2D eigenvalue weighted by molar-refractivity contribution is 5.52. The predicted octanol–water partition coefficient (Wildman–Crippen LogP) is 3.38. The first-order valence-corrected chi connectivity index (χ1v) is 8.75. The summed E-state index contributed by atoms with van der Waals surface area (Å²) in [6.07, 6.45) is 4.44. The fourth-order valence-corrected chi connectivity index (χ4v) is 3.20. The Morgan fingerprint density at radius 1 is 1.17 bits per heavy atom. The summed E-state index contributed by atoms with van der Waals surface area (Å²) in [5, 5.41) is 3.50. The van der Waals surface area contributed by atoms with E-state index < -0.39 is 0 Å². The number of nitrogens with one attached hydrogen (secondary N) is 1. The van der Waals surface area contributed by atoms with Crippen molar-refractivity contribution in [3.8, 4) is 11.5 Å². The lowest BCUT2D eigenvalue weighted by Gasteiger charge is -2.30. The summed E-state index contributed by atoms with van der Waals surface area (Å²) in [5.74, 6) is 1.55. The lowest BCUT2D eigenvalue weighted by molar-refractivity contribution is 0.220. The van der Waals surface area contributed by atoms with Crippen molar-refractivity contribution in [3.63, 3.8) is 0 Å². The van der Waals surface area contributed by atoms with Crippen LogP contribution >= 0.6 is 0 Å². The molecule has 1 aliphatic heterocycles. The number of hydrogen-bond acceptors (Lipinski definition) is 5. The first kappa shape index (κ1) is 16.8. The first-order valence-electron chi connectivity index (χ1n) is 8.75. The molecule has 1 N–H and O–H groups in total. The zero-order valence-corrected chi connectivity index (χ0v) is 14.9. The minimum atomic E-state index is 0.203. The Hall–Kier alpha value is -2.01. The van der Waals surface area contributed by atoms with Gasteiger partial charge in [-0.05, 0) is 50.4 Å². The maximum atomic E-state index is 4.64. The Morgan fingerprint density at radius 2 is 1.96 bits per heavy atom. The maximum Gasteiger partial charge on any atom is 0.180 e. The molecule has 3 rings (SSSR count). The van der Waals surface area contributed by atoms with Crippen LogP contribution < -0.4 is 5.32 Å². The number of rotatable bonds is 6. The van der Waals surface area contributed by atoms with Gasteiger partial charge in [-0.3, -0.25) is 4.98 Å². The van der Waals surface area contributed by atoms with E-state index in [-0.39, 0.29) is 5.41 Å². The molecular weight excluding hydrogens is 298 g/mol. The third kappa shape index (κ3) is 4.51. The lowest BCUT2D eigenvalue weighted by atomic mass is 9.93. The molecule has 2 aromatic rings. The van der Waals surface area contributed by atoms with Crippen LogP contribution in [0.5, 0.6) is 0 Å². The summed E-state index contributed by atoms with van der Waals surface area (Å²) in [5.41, 5.74) is 1.96. The molecule has 5 heteroatoms. The molecule has 1 saturated heterocycles. The van der Waals surface area contributed by atoms with E-state index in [4.69, 9.17) is 0 Å². The van der Waals surface area contributed by atoms with Gasteiger partial charge < -0.3 is 10.2 Å². The van der Waals surface area contributed by atoms with Crippen LogP contribution in [0.1, 0.15) is 32.4 Å². The van der Waals surface area contributed by atoms with Crippen molar-refractivity contribution in [1.82, 2.24) is 19.9 Å². The van der Waals surface area contributed by atoms with E-state index in [0.717, 1.165) is 30.3 Å². The second-order valence-corrected chi connectivity index (χ2v) is 7.43. The fourth-order valence-electron chi connectivity index (χ4n) is 3.20. The van der Waals surface area contributed by atoms with Crippen LogP contribution in [0.15, 0.2) is 30.5 Å². The highest BCUT2D eigenvalue weighted by atomic mass is 15.1. The molecule has 1 aliphatic rings. The smallest absolute Gasteiger partial charge is 0.180 e. The molecule has 0 aromatic carbocycles. The molecule has 0 bridgehead atoms. The molecule has 0 unspecified atom stereocenters. The minimum absolute atomic E-state index is 0.203. The molecule has 1 fully saturated rings. The van der Waals surface area contributed by atoms with Gasteiger partial charge in [-0.2, -0.15) is 0 Å². The van der Waals surface area contributed by atoms with Gasteiger partial charge >= 0.3 is 0 Å². The van der Waals surface area contributed by atoms with Crippen molar-refractivity contribution in [3.05, 3.63) is 36.2 Å². The topological polar surface area (TPSA) is 53.9 Å². The van der Waals surface area contributed by atoms with Crippen LogP contribution in [-0.4, -0.2) is 46.0 Å². The Morgan fingerprint density at radius 3 is 2.67 bits per heavy atom. The van der Waals surface area contributed by atoms with E-state index in [2.05, 4.69) is 39.0 Å². The van der Waals surface area contributed by atoms with Gasteiger partial charge in [0.25, 0.3) is 0 Å². The van der Waals surface area contributed by atoms with Crippen molar-refractivity contribution in [2.24, 2.45) is 5.41 Å². The van der Waals surface area contributed by atoms with E-state index in [1.807, 2.05) is 31.2 Å². The van der Waals surface area contributed by atoms with Crippen LogP contribution in [-0.2, 0) is 0 Å². The highest BCUT2D eigenvalue weighted by Gasteiger charge is 2.23. The van der Waals surface area contributed by atoms with Gasteiger partial charge in [0.1, 0.15) is 11.5 Å². The average molecular weight is 325 g/mol. The van der Waals surface area contributed by atoms with Crippen LogP contribution in [0.2, 0.25) is 0 Å². The fraction of sp³-hybridized carbons (Fsp3) is 0.526. The second kappa shape index (κ2) is 7.26. The number of pyridine rings is 1. The molecule has 0 radical (unpaired) electrons. The normalized spacial score (nSPS) is 15.6. The molecule has 0 aliphatic carbocycles. The number of anilines is 1. The standard InChI is InChI=1S/C19H27N5/c1-15-12-17(23-18(22-15)16-8-4-5-9-20-16)21-13-19(2,3)14-24-10-6-7-11-24/h4-5,8-9,12H,6-7,10-11,13-14H2,1-3H3,(H,21,22,23). The predicted molar refractivity (Wildman–Crippen MR) is 97.9 cm³/mol. The zero-order valence-electron chi connectivity index (χ0n) is 14.9. The van der Waals surface area contributed by atoms with Gasteiger partial charge in [0, 0.05) is 31.0 Å². The summed E-state index contributed by atoms with van der Waals surface area (Å²) < 4.78 is 0. The number of hydrogen-bond donors (Lipinski definition) is 1. The minimum Gasteiger partial charge on any atom is -0.369 e. The van der Waals surface area contributed by atoms with E-state index >= 15 is 0 Å². The molecular formula is C19H27N5. The van der Waals surface area contributed by atoms with Gasteiger partial charge in [-0.15, -0.1) is 0 Å². The van der Waals surface area contributed by atoms with Crippen molar-refractivity contribution in [2.45, 2.75) is 33.6 Å². The van der Waals surface area contributed by atoms with Crippen molar-refractivity contribution >= 4 is 5.82 Å². The van der Waals surface area contributed by atoms with E-state index in [9.17, 15) is 0 Å². The summed E-state index contributed by atoms with van der Waals surface area (Å²) >= 11 is 0. The number of aromatic nitrogens is 3. The molecule has 0 saturated carbocycles. The molecule has 5 nitrogen and oxygen atoms in total. The van der Waals surface area contributed by atoms with Gasteiger partial charge in [0.15, 0.2) is 5.82 Å². The van der Waals surface area contributed by atoms with Gasteiger partial charge in [-0.1, -0.05) is 19.9 Å². The lowest BCUT2D eigenvalue weighted by Crippen LogP contribution is -2.37. The Bertz CT molecular complexity index is 663. The average Bonchev–Trinajstić information content (AvgIpc) is 3.06. The summed E-state index contributed by atoms with van der Waals surface area (Å²) in [6.45, 7) is 11.1. The van der Waals surface area contributed by atoms with E-state index in [1.54, 1.807) is 6.20 Å². The van der Waals surface area contributed by atoms with Crippen molar-refractivity contribution < 1.29 is 0 Å². The van der Waals surface area contributed by atoms with Crippen LogP contribution in [0.4, 0.5) is 5.82 Å². The largest absolute Gasteiger partial charge is 0.369 e. The maximum absolute atomic E-state index is 4.64. The molecule has 128 valence electrons. The Balaban J connectivity index is 1.67. The summed E-state index contributed by atoms with van der Waals surface area (Å²) in [7, 11) is 0. The Labute approximate surface area is 144 Å². The monoisotopic (exact) mass is 325 g/mol. The molecule has 24 heavy (non-hydrogen) atoms. The third-order valence-corrected chi connectivity index (χ3v) is 4.35. The molecule has 0 atom stereocenters. The Kier molecular flexibility index (Phi) is 5.09. The van der Waals surface area contributed by atoms with Gasteiger partial charge in [0.2, 0.25) is 0 Å². The molecule has 3 heterocycles. The van der Waals surface area contributed by atoms with Crippen molar-refractivity contribution in [1.29, 1.82) is 0 Å². The van der Waals surface area contributed by atoms with Crippen LogP contribution in [0, 0.1) is 12.3 Å². The van der Waals surface area contributed by atoms with Crippen LogP contribution in [0.25, 0.3) is 11.5 Å². The quantitative estimate of drug-likeness (QED) is 0.882. The van der Waals surface area contributed by atoms with Gasteiger partial charge in [0.05, 0.1) is 0 Å². The van der Waals surface area contributed by atoms with Crippen LogP contribution in [0.3, 0.4) is 0 Å². The second-order valence-electron chi connectivity index (χ2n) is 7.43. The van der Waals surface area contributed by atoms with Gasteiger partial charge in [-0.25, -0.2) is 9.97 Å². The number of nitrogens with zero attached hydrogens (tertiary/aromatic N) is 4. The molecule has 0 amide bonds. The summed E-state index contributed by atoms with van der Waals surface area (Å²) in [6, 6.07) is 7.80. The summed E-state index contributed by atoms with van der Waals surface area (Å²) in [4.78, 5) is 16.1. The SMILES string of the molecule is Cc1cc(NCC(C)(C)CN2CCCC2)nc(-c2ccccn2)n1. The third-order valence-electron chi connectivity index (χ3n) is 4.35. The first-order chi connectivity index (χ1) is 11.5. The number of likely N-dealkylation sites (tertiary alicyclic amines) is 1.